The highest BCUT2D eigenvalue weighted by Gasteiger charge is 2.34. The Bertz CT molecular complexity index is 1240. The SMILES string of the molecule is CC(=O)Nc1c(-c2ccncc2F)cnc2c1CCC2.Cc1cc2c(s1)CCC(N1CC(F)C1)C2.[HH]. The number of thiophene rings is 1. The zero-order valence-corrected chi connectivity index (χ0v) is 20.9. The highest BCUT2D eigenvalue weighted by molar-refractivity contribution is 7.12. The van der Waals surface area contributed by atoms with Crippen LogP contribution in [0.1, 0.15) is 47.8 Å². The molecular weight excluding hydrogens is 466 g/mol. The van der Waals surface area contributed by atoms with E-state index in [4.69, 9.17) is 0 Å². The van der Waals surface area contributed by atoms with Crippen LogP contribution in [0.5, 0.6) is 0 Å². The molecule has 186 valence electrons. The highest BCUT2D eigenvalue weighted by atomic mass is 32.1. The van der Waals surface area contributed by atoms with Gasteiger partial charge in [-0.15, -0.1) is 11.3 Å². The number of pyridine rings is 2. The van der Waals surface area contributed by atoms with Crippen LogP contribution in [-0.4, -0.2) is 46.1 Å². The van der Waals surface area contributed by atoms with Gasteiger partial charge in [-0.3, -0.25) is 19.7 Å². The minimum atomic E-state index is -0.560. The third-order valence-electron chi connectivity index (χ3n) is 7.03. The Hall–Kier alpha value is -2.71. The summed E-state index contributed by atoms with van der Waals surface area (Å²) in [6, 6.07) is 4.52. The van der Waals surface area contributed by atoms with Crippen LogP contribution >= 0.6 is 11.3 Å². The number of aromatic nitrogens is 2. The van der Waals surface area contributed by atoms with Gasteiger partial charge in [0.1, 0.15) is 12.0 Å². The molecule has 1 N–H and O–H groups in total. The van der Waals surface area contributed by atoms with Gasteiger partial charge in [-0.1, -0.05) is 0 Å². The van der Waals surface area contributed by atoms with E-state index in [9.17, 15) is 13.6 Å². The topological polar surface area (TPSA) is 58.1 Å². The van der Waals surface area contributed by atoms with Crippen LogP contribution in [0.25, 0.3) is 11.1 Å². The number of aryl methyl sites for hydroxylation is 3. The van der Waals surface area contributed by atoms with Gasteiger partial charge in [0.15, 0.2) is 0 Å². The smallest absolute Gasteiger partial charge is 0.221 e. The van der Waals surface area contributed by atoms with E-state index in [2.05, 4.69) is 33.2 Å². The second kappa shape index (κ2) is 10.1. The zero-order valence-electron chi connectivity index (χ0n) is 20.1. The van der Waals surface area contributed by atoms with Crippen molar-refractivity contribution in [2.75, 3.05) is 18.4 Å². The molecule has 6 rings (SSSR count). The molecule has 0 saturated carbocycles. The van der Waals surface area contributed by atoms with Gasteiger partial charge in [-0.2, -0.15) is 0 Å². The van der Waals surface area contributed by atoms with Crippen LogP contribution in [0.4, 0.5) is 14.5 Å². The molecule has 0 bridgehead atoms. The molecule has 1 atom stereocenters. The normalized spacial score (nSPS) is 19.3. The monoisotopic (exact) mass is 498 g/mol. The fourth-order valence-corrected chi connectivity index (χ4v) is 6.43. The molecule has 2 aliphatic carbocycles. The number of anilines is 1. The number of alkyl halides is 1. The van der Waals surface area contributed by atoms with Gasteiger partial charge in [0.05, 0.1) is 11.9 Å². The molecule has 1 amide bonds. The van der Waals surface area contributed by atoms with Gasteiger partial charge in [0, 0.05) is 66.5 Å². The van der Waals surface area contributed by atoms with Crippen LogP contribution in [0.15, 0.2) is 30.7 Å². The fraction of sp³-hybridized carbons (Fsp3) is 0.444. The minimum absolute atomic E-state index is 0. The summed E-state index contributed by atoms with van der Waals surface area (Å²) >= 11 is 1.94. The van der Waals surface area contributed by atoms with E-state index in [0.717, 1.165) is 36.9 Å². The van der Waals surface area contributed by atoms with Crippen LogP contribution in [0, 0.1) is 12.7 Å². The molecule has 0 aromatic carbocycles. The van der Waals surface area contributed by atoms with Gasteiger partial charge in [0.25, 0.3) is 0 Å². The Balaban J connectivity index is 0.000000170. The fourth-order valence-electron chi connectivity index (χ4n) is 5.34. The molecule has 1 aliphatic heterocycles. The molecule has 0 spiro atoms. The van der Waals surface area contributed by atoms with Crippen LogP contribution in [0.2, 0.25) is 0 Å². The molecule has 5 nitrogen and oxygen atoms in total. The van der Waals surface area contributed by atoms with Gasteiger partial charge >= 0.3 is 0 Å². The lowest BCUT2D eigenvalue weighted by Gasteiger charge is -2.42. The predicted octanol–water partition coefficient (Wildman–Crippen LogP) is 5.54. The number of fused-ring (bicyclic) bond motifs is 2. The van der Waals surface area contributed by atoms with Gasteiger partial charge in [-0.05, 0) is 68.7 Å². The predicted molar refractivity (Wildman–Crippen MR) is 137 cm³/mol. The average Bonchev–Trinajstić information content (AvgIpc) is 3.43. The molecule has 8 heteroatoms. The van der Waals surface area contributed by atoms with Crippen molar-refractivity contribution >= 4 is 22.9 Å². The quantitative estimate of drug-likeness (QED) is 0.515. The molecule has 1 fully saturated rings. The van der Waals surface area contributed by atoms with Gasteiger partial charge < -0.3 is 5.32 Å². The Morgan fingerprint density at radius 2 is 2.06 bits per heavy atom. The molecular formula is C27H32F2N4OS. The Morgan fingerprint density at radius 3 is 2.80 bits per heavy atom. The van der Waals surface area contributed by atoms with Crippen LogP contribution < -0.4 is 5.32 Å². The van der Waals surface area contributed by atoms with Gasteiger partial charge in [-0.25, -0.2) is 8.78 Å². The molecule has 35 heavy (non-hydrogen) atoms. The highest BCUT2D eigenvalue weighted by Crippen LogP contribution is 2.37. The second-order valence-corrected chi connectivity index (χ2v) is 11.0. The zero-order chi connectivity index (χ0) is 24.5. The number of amides is 1. The first-order chi connectivity index (χ1) is 16.9. The minimum Gasteiger partial charge on any atom is -0.325 e. The van der Waals surface area contributed by atoms with Crippen molar-refractivity contribution in [2.45, 2.75) is 64.6 Å². The first-order valence-corrected chi connectivity index (χ1v) is 13.0. The van der Waals surface area contributed by atoms with Crippen LogP contribution in [-0.2, 0) is 30.5 Å². The first kappa shape index (κ1) is 24.0. The van der Waals surface area contributed by atoms with Crippen molar-refractivity contribution in [1.82, 2.24) is 14.9 Å². The van der Waals surface area contributed by atoms with E-state index in [1.807, 2.05) is 11.3 Å². The van der Waals surface area contributed by atoms with E-state index in [1.54, 1.807) is 17.1 Å². The largest absolute Gasteiger partial charge is 0.325 e. The lowest BCUT2D eigenvalue weighted by Crippen LogP contribution is -2.54. The molecule has 3 aliphatic rings. The maximum Gasteiger partial charge on any atom is 0.221 e. The van der Waals surface area contributed by atoms with E-state index in [-0.39, 0.29) is 7.33 Å². The Kier molecular flexibility index (Phi) is 6.93. The lowest BCUT2D eigenvalue weighted by atomic mass is 9.91. The summed E-state index contributed by atoms with van der Waals surface area (Å²) in [5.41, 5.74) is 5.24. The molecule has 3 aromatic rings. The summed E-state index contributed by atoms with van der Waals surface area (Å²) in [6.45, 7) is 4.97. The number of nitrogens with one attached hydrogen (secondary N) is 1. The number of nitrogens with zero attached hydrogens (tertiary/aromatic N) is 3. The average molecular weight is 499 g/mol. The van der Waals surface area contributed by atoms with Crippen molar-refractivity contribution in [3.05, 3.63) is 63.1 Å². The third-order valence-corrected chi connectivity index (χ3v) is 8.19. The first-order valence-electron chi connectivity index (χ1n) is 12.2. The van der Waals surface area contributed by atoms with Crippen LogP contribution in [0.3, 0.4) is 0 Å². The Labute approximate surface area is 210 Å². The van der Waals surface area contributed by atoms with Crippen molar-refractivity contribution in [3.8, 4) is 11.1 Å². The summed E-state index contributed by atoms with van der Waals surface area (Å²) in [5, 5.41) is 2.83. The summed E-state index contributed by atoms with van der Waals surface area (Å²) in [6.07, 6.45) is 10.1. The molecule has 3 aromatic heterocycles. The standard InChI is InChI=1S/C15H14FN3O.C12H16FNS.H2/c1-9(20)19-15-11-3-2-4-14(11)18-7-12(15)10-5-6-17-8-13(10)16;1-8-4-9-5-11(2-3-12(9)15-8)14-6-10(13)7-14;/h5-8H,2-4H2,1H3,(H,18,19,20);4,10-11H,2-3,5-7H2,1H3;1H. The number of hydrogen-bond donors (Lipinski definition) is 1. The summed E-state index contributed by atoms with van der Waals surface area (Å²) in [5.74, 6) is -0.583. The maximum absolute atomic E-state index is 13.9. The molecule has 4 heterocycles. The lowest BCUT2D eigenvalue weighted by molar-refractivity contribution is -0.114. The van der Waals surface area contributed by atoms with Crippen molar-refractivity contribution in [3.63, 3.8) is 0 Å². The number of halogens is 2. The summed E-state index contributed by atoms with van der Waals surface area (Å²) in [4.78, 5) is 24.9. The maximum atomic E-state index is 13.9. The summed E-state index contributed by atoms with van der Waals surface area (Å²) in [7, 11) is 0. The molecule has 0 radical (unpaired) electrons. The number of carbonyl (C=O) groups excluding carboxylic acids is 1. The molecule has 1 saturated heterocycles. The van der Waals surface area contributed by atoms with E-state index >= 15 is 0 Å². The van der Waals surface area contributed by atoms with Gasteiger partial charge in [0.2, 0.25) is 5.91 Å². The third kappa shape index (κ3) is 5.14. The Morgan fingerprint density at radius 1 is 1.23 bits per heavy atom. The van der Waals surface area contributed by atoms with Crippen molar-refractivity contribution < 1.29 is 15.0 Å². The second-order valence-electron chi connectivity index (χ2n) is 9.62. The number of hydrogen-bond acceptors (Lipinski definition) is 5. The number of carbonyl (C=O) groups is 1. The molecule has 1 unspecified atom stereocenters. The summed E-state index contributed by atoms with van der Waals surface area (Å²) < 4.78 is 26.7. The van der Waals surface area contributed by atoms with Crippen molar-refractivity contribution in [1.29, 1.82) is 0 Å². The van der Waals surface area contributed by atoms with E-state index in [0.29, 0.717) is 35.9 Å². The van der Waals surface area contributed by atoms with E-state index in [1.165, 1.54) is 42.6 Å². The number of rotatable bonds is 3. The van der Waals surface area contributed by atoms with Crippen molar-refractivity contribution in [2.24, 2.45) is 0 Å². The van der Waals surface area contributed by atoms with E-state index < -0.39 is 12.0 Å². The number of likely N-dealkylation sites (tertiary alicyclic amines) is 1.